The highest BCUT2D eigenvalue weighted by Crippen LogP contribution is 2.41. The molecule has 3 rings (SSSR count). The minimum atomic E-state index is -1.07. The molecule has 1 aliphatic carbocycles. The van der Waals surface area contributed by atoms with Gasteiger partial charge in [0.05, 0.1) is 5.56 Å². The zero-order chi connectivity index (χ0) is 16.4. The van der Waals surface area contributed by atoms with Crippen LogP contribution < -0.4 is 10.6 Å². The number of benzene rings is 1. The molecule has 2 fully saturated rings. The minimum Gasteiger partial charge on any atom is -0.465 e. The maximum absolute atomic E-state index is 14.0. The zero-order valence-electron chi connectivity index (χ0n) is 12.5. The topological polar surface area (TPSA) is 87.7 Å². The third-order valence-corrected chi connectivity index (χ3v) is 4.32. The van der Waals surface area contributed by atoms with Crippen molar-refractivity contribution in [2.45, 2.75) is 37.3 Å². The van der Waals surface area contributed by atoms with Crippen LogP contribution in [0.2, 0.25) is 0 Å². The predicted molar refractivity (Wildman–Crippen MR) is 80.0 cm³/mol. The Morgan fingerprint density at radius 1 is 1.22 bits per heavy atom. The van der Waals surface area contributed by atoms with E-state index >= 15 is 0 Å². The van der Waals surface area contributed by atoms with Gasteiger partial charge in [0.15, 0.2) is 0 Å². The van der Waals surface area contributed by atoms with Gasteiger partial charge in [-0.2, -0.15) is 0 Å². The average Bonchev–Trinajstić information content (AvgIpc) is 3.27. The average molecular weight is 322 g/mol. The van der Waals surface area contributed by atoms with Crippen LogP contribution in [0.5, 0.6) is 0 Å². The van der Waals surface area contributed by atoms with Crippen LogP contribution >= 0.6 is 0 Å². The van der Waals surface area contributed by atoms with E-state index in [-0.39, 0.29) is 23.6 Å². The Balaban J connectivity index is 1.68. The molecule has 0 unspecified atom stereocenters. The predicted octanol–water partition coefficient (Wildman–Crippen LogP) is 1.86. The molecule has 7 heteroatoms. The molecule has 1 saturated carbocycles. The lowest BCUT2D eigenvalue weighted by atomic mass is 10.0. The van der Waals surface area contributed by atoms with E-state index in [0.717, 1.165) is 18.4 Å². The summed E-state index contributed by atoms with van der Waals surface area (Å²) in [7, 11) is 0. The Morgan fingerprint density at radius 2 is 1.96 bits per heavy atom. The third kappa shape index (κ3) is 3.79. The van der Waals surface area contributed by atoms with Crippen LogP contribution in [0.1, 0.15) is 41.1 Å². The number of rotatable bonds is 4. The second kappa shape index (κ2) is 6.54. The summed E-state index contributed by atoms with van der Waals surface area (Å²) in [4.78, 5) is 22.9. The maximum Gasteiger partial charge on any atom is 0.404 e. The quantitative estimate of drug-likeness (QED) is 0.789. The first kappa shape index (κ1) is 15.7. The van der Waals surface area contributed by atoms with Crippen LogP contribution in [-0.2, 0) is 4.74 Å². The van der Waals surface area contributed by atoms with Gasteiger partial charge < -0.3 is 20.5 Å². The molecule has 1 aromatic carbocycles. The fourth-order valence-electron chi connectivity index (χ4n) is 2.93. The van der Waals surface area contributed by atoms with E-state index in [1.165, 1.54) is 12.1 Å². The first-order chi connectivity index (χ1) is 11.0. The van der Waals surface area contributed by atoms with Crippen LogP contribution in [0, 0.1) is 5.82 Å². The summed E-state index contributed by atoms with van der Waals surface area (Å²) in [5.41, 5.74) is 0.789. The van der Waals surface area contributed by atoms with Crippen molar-refractivity contribution in [1.82, 2.24) is 10.6 Å². The molecule has 1 aromatic rings. The summed E-state index contributed by atoms with van der Waals surface area (Å²) in [5.74, 6) is -0.998. The number of hydrogen-bond acceptors (Lipinski definition) is 3. The largest absolute Gasteiger partial charge is 0.465 e. The van der Waals surface area contributed by atoms with Crippen molar-refractivity contribution >= 4 is 12.0 Å². The van der Waals surface area contributed by atoms with Crippen molar-refractivity contribution in [3.05, 3.63) is 35.1 Å². The number of nitrogens with one attached hydrogen (secondary N) is 2. The van der Waals surface area contributed by atoms with Crippen molar-refractivity contribution in [2.75, 3.05) is 13.2 Å². The summed E-state index contributed by atoms with van der Waals surface area (Å²) >= 11 is 0. The maximum atomic E-state index is 14.0. The van der Waals surface area contributed by atoms with Crippen molar-refractivity contribution in [3.63, 3.8) is 0 Å². The van der Waals surface area contributed by atoms with Crippen LogP contribution in [0.25, 0.3) is 0 Å². The molecular formula is C16H19FN2O4. The zero-order valence-corrected chi connectivity index (χ0v) is 12.5. The summed E-state index contributed by atoms with van der Waals surface area (Å²) in [5, 5.41) is 14.0. The van der Waals surface area contributed by atoms with Gasteiger partial charge in [-0.05, 0) is 37.0 Å². The van der Waals surface area contributed by atoms with Gasteiger partial charge in [0.2, 0.25) is 0 Å². The molecule has 2 atom stereocenters. The molecule has 23 heavy (non-hydrogen) atoms. The van der Waals surface area contributed by atoms with Crippen molar-refractivity contribution < 1.29 is 23.8 Å². The van der Waals surface area contributed by atoms with Gasteiger partial charge in [0.1, 0.15) is 5.82 Å². The highest BCUT2D eigenvalue weighted by atomic mass is 19.1. The van der Waals surface area contributed by atoms with Gasteiger partial charge in [-0.1, -0.05) is 6.07 Å². The van der Waals surface area contributed by atoms with E-state index in [1.807, 2.05) is 0 Å². The van der Waals surface area contributed by atoms with E-state index < -0.39 is 17.8 Å². The summed E-state index contributed by atoms with van der Waals surface area (Å²) in [6.45, 7) is 1.19. The summed E-state index contributed by atoms with van der Waals surface area (Å²) in [6, 6.07) is 4.24. The first-order valence-electron chi connectivity index (χ1n) is 7.72. The normalized spacial score (nSPS) is 24.0. The lowest BCUT2D eigenvalue weighted by Crippen LogP contribution is -2.39. The number of amides is 2. The van der Waals surface area contributed by atoms with Crippen molar-refractivity contribution in [2.24, 2.45) is 0 Å². The first-order valence-corrected chi connectivity index (χ1v) is 7.72. The molecule has 2 aliphatic rings. The number of halogens is 1. The number of hydrogen-bond donors (Lipinski definition) is 3. The molecule has 3 N–H and O–H groups in total. The molecule has 124 valence electrons. The van der Waals surface area contributed by atoms with Crippen molar-refractivity contribution in [1.29, 1.82) is 0 Å². The number of ether oxygens (including phenoxy) is 1. The monoisotopic (exact) mass is 322 g/mol. The Hall–Kier alpha value is -2.15. The minimum absolute atomic E-state index is 0.00123. The Bertz CT molecular complexity index is 616. The fourth-order valence-corrected chi connectivity index (χ4v) is 2.93. The number of carboxylic acid groups (broad SMARTS) is 1. The highest BCUT2D eigenvalue weighted by molar-refractivity contribution is 5.95. The second-order valence-corrected chi connectivity index (χ2v) is 6.00. The van der Waals surface area contributed by atoms with Crippen LogP contribution in [0.15, 0.2) is 18.2 Å². The van der Waals surface area contributed by atoms with E-state index in [4.69, 9.17) is 9.84 Å². The Kier molecular flexibility index (Phi) is 4.47. The molecule has 1 saturated heterocycles. The molecule has 0 radical (unpaired) electrons. The SMILES string of the molecule is O=C(O)N[C@@H]1C[C@H]1c1ccc(F)c(C(=O)NC2CCOCC2)c1. The van der Waals surface area contributed by atoms with Gasteiger partial charge in [0, 0.05) is 31.2 Å². The standard InChI is InChI=1S/C16H19FN2O4/c17-13-2-1-9(11-8-14(11)19-16(21)22)7-12(13)15(20)18-10-3-5-23-6-4-10/h1-2,7,10-11,14,19H,3-6,8H2,(H,18,20)(H,21,22)/t11-,14+/m0/s1. The molecular weight excluding hydrogens is 303 g/mol. The Labute approximate surface area is 133 Å². The lowest BCUT2D eigenvalue weighted by molar-refractivity contribution is 0.0694. The van der Waals surface area contributed by atoms with E-state index in [0.29, 0.717) is 19.6 Å². The smallest absolute Gasteiger partial charge is 0.404 e. The van der Waals surface area contributed by atoms with Crippen LogP contribution in [-0.4, -0.2) is 42.4 Å². The number of carbonyl (C=O) groups is 2. The molecule has 0 bridgehead atoms. The van der Waals surface area contributed by atoms with E-state index in [1.54, 1.807) is 6.07 Å². The van der Waals surface area contributed by atoms with Gasteiger partial charge in [-0.25, -0.2) is 9.18 Å². The van der Waals surface area contributed by atoms with Crippen LogP contribution in [0.4, 0.5) is 9.18 Å². The molecule has 1 heterocycles. The summed E-state index contributed by atoms with van der Waals surface area (Å²) in [6.07, 6.45) is 1.04. The van der Waals surface area contributed by atoms with Crippen molar-refractivity contribution in [3.8, 4) is 0 Å². The van der Waals surface area contributed by atoms with E-state index in [2.05, 4.69) is 10.6 Å². The fraction of sp³-hybridized carbons (Fsp3) is 0.500. The molecule has 2 amide bonds. The molecule has 0 aromatic heterocycles. The number of carbonyl (C=O) groups excluding carboxylic acids is 1. The van der Waals surface area contributed by atoms with Gasteiger partial charge in [-0.3, -0.25) is 4.79 Å². The molecule has 1 aliphatic heterocycles. The van der Waals surface area contributed by atoms with Gasteiger partial charge in [-0.15, -0.1) is 0 Å². The van der Waals surface area contributed by atoms with Gasteiger partial charge >= 0.3 is 6.09 Å². The lowest BCUT2D eigenvalue weighted by Gasteiger charge is -2.23. The summed E-state index contributed by atoms with van der Waals surface area (Å²) < 4.78 is 19.2. The third-order valence-electron chi connectivity index (χ3n) is 4.32. The highest BCUT2D eigenvalue weighted by Gasteiger charge is 2.40. The Morgan fingerprint density at radius 3 is 2.65 bits per heavy atom. The van der Waals surface area contributed by atoms with Gasteiger partial charge in [0.25, 0.3) is 5.91 Å². The molecule has 6 nitrogen and oxygen atoms in total. The van der Waals surface area contributed by atoms with Crippen LogP contribution in [0.3, 0.4) is 0 Å². The molecule has 0 spiro atoms. The second-order valence-electron chi connectivity index (χ2n) is 6.00. The van der Waals surface area contributed by atoms with E-state index in [9.17, 15) is 14.0 Å².